The molecule has 29 heavy (non-hydrogen) atoms. The summed E-state index contributed by atoms with van der Waals surface area (Å²) in [5.74, 6) is -0.604. The van der Waals surface area contributed by atoms with Gasteiger partial charge in [-0.3, -0.25) is 9.78 Å². The molecule has 3 heterocycles. The maximum Gasteiger partial charge on any atom is 0.176 e. The zero-order chi connectivity index (χ0) is 20.8. The number of Topliss-reactive ketones (excluding diaryl/α,β-unsaturated/α-hetero) is 1. The highest BCUT2D eigenvalue weighted by Crippen LogP contribution is 2.55. The Morgan fingerprint density at radius 1 is 1.14 bits per heavy atom. The summed E-state index contributed by atoms with van der Waals surface area (Å²) in [7, 11) is 0. The number of benzene rings is 1. The summed E-state index contributed by atoms with van der Waals surface area (Å²) >= 11 is 0. The lowest BCUT2D eigenvalue weighted by Crippen LogP contribution is -2.47. The number of rotatable bonds is 2. The van der Waals surface area contributed by atoms with Crippen LogP contribution in [0.15, 0.2) is 54.9 Å². The molecule has 1 saturated heterocycles. The van der Waals surface area contributed by atoms with E-state index in [1.807, 2.05) is 68.2 Å². The fraction of sp³-hybridized carbons (Fsp3) is 0.333. The second-order valence-electron chi connectivity index (χ2n) is 8.69. The molecule has 2 aliphatic rings. The molecule has 0 bridgehead atoms. The van der Waals surface area contributed by atoms with Gasteiger partial charge in [-0.15, -0.1) is 0 Å². The molecule has 0 unspecified atom stereocenters. The number of aromatic nitrogens is 1. The van der Waals surface area contributed by atoms with Crippen LogP contribution >= 0.6 is 0 Å². The van der Waals surface area contributed by atoms with Crippen LogP contribution in [-0.2, 0) is 4.79 Å². The number of carbonyl (C=O) groups excluding carboxylic acids is 1. The van der Waals surface area contributed by atoms with Crippen molar-refractivity contribution < 1.29 is 4.79 Å². The summed E-state index contributed by atoms with van der Waals surface area (Å²) in [6.07, 6.45) is 7.17. The van der Waals surface area contributed by atoms with E-state index in [1.54, 1.807) is 18.5 Å². The predicted molar refractivity (Wildman–Crippen MR) is 111 cm³/mol. The van der Waals surface area contributed by atoms with Gasteiger partial charge >= 0.3 is 0 Å². The van der Waals surface area contributed by atoms with Crippen molar-refractivity contribution in [2.24, 2.45) is 10.8 Å². The molecule has 0 N–H and O–H groups in total. The molecule has 3 atom stereocenters. The Morgan fingerprint density at radius 2 is 1.86 bits per heavy atom. The van der Waals surface area contributed by atoms with E-state index in [0.717, 1.165) is 16.8 Å². The van der Waals surface area contributed by atoms with Gasteiger partial charge in [0.05, 0.1) is 24.2 Å². The Bertz CT molecular complexity index is 1050. The third-order valence-electron chi connectivity index (χ3n) is 5.97. The van der Waals surface area contributed by atoms with Gasteiger partial charge in [-0.05, 0) is 23.3 Å². The molecule has 0 spiro atoms. The van der Waals surface area contributed by atoms with Crippen LogP contribution in [0.25, 0.3) is 6.08 Å². The first-order valence-electron chi connectivity index (χ1n) is 9.67. The fourth-order valence-corrected chi connectivity index (χ4v) is 4.61. The molecule has 1 aromatic carbocycles. The van der Waals surface area contributed by atoms with E-state index < -0.39 is 28.8 Å². The van der Waals surface area contributed by atoms with Gasteiger partial charge in [0, 0.05) is 29.4 Å². The van der Waals surface area contributed by atoms with Crippen LogP contribution in [0.1, 0.15) is 37.8 Å². The van der Waals surface area contributed by atoms with Crippen LogP contribution in [0.2, 0.25) is 0 Å². The first-order chi connectivity index (χ1) is 13.8. The number of ketones is 1. The van der Waals surface area contributed by atoms with E-state index >= 15 is 0 Å². The third kappa shape index (κ3) is 2.66. The monoisotopic (exact) mass is 382 g/mol. The number of pyridine rings is 1. The van der Waals surface area contributed by atoms with Crippen LogP contribution in [0.5, 0.6) is 0 Å². The molecule has 0 aliphatic carbocycles. The number of carbonyl (C=O) groups is 1. The number of nitrogens with zero attached hydrogens (tertiary/aromatic N) is 4. The smallest absolute Gasteiger partial charge is 0.176 e. The lowest BCUT2D eigenvalue weighted by atomic mass is 9.68. The Morgan fingerprint density at radius 3 is 2.48 bits per heavy atom. The number of hydrogen-bond donors (Lipinski definition) is 0. The van der Waals surface area contributed by atoms with Crippen molar-refractivity contribution in [3.63, 3.8) is 0 Å². The number of fused-ring (bicyclic) bond motifs is 3. The van der Waals surface area contributed by atoms with Crippen molar-refractivity contribution in [3.05, 3.63) is 66.0 Å². The van der Waals surface area contributed by atoms with Crippen molar-refractivity contribution in [2.75, 3.05) is 4.90 Å². The van der Waals surface area contributed by atoms with E-state index in [9.17, 15) is 15.3 Å². The van der Waals surface area contributed by atoms with Gasteiger partial charge in [0.15, 0.2) is 11.2 Å². The summed E-state index contributed by atoms with van der Waals surface area (Å²) in [4.78, 5) is 19.9. The lowest BCUT2D eigenvalue weighted by molar-refractivity contribution is -0.127. The van der Waals surface area contributed by atoms with Crippen molar-refractivity contribution in [2.45, 2.75) is 38.8 Å². The summed E-state index contributed by atoms with van der Waals surface area (Å²) in [6.45, 7) is 5.65. The van der Waals surface area contributed by atoms with Crippen molar-refractivity contribution >= 4 is 17.5 Å². The minimum atomic E-state index is -1.40. The van der Waals surface area contributed by atoms with Gasteiger partial charge in [-0.2, -0.15) is 10.5 Å². The van der Waals surface area contributed by atoms with Crippen LogP contribution in [0.3, 0.4) is 0 Å². The molecule has 2 aliphatic heterocycles. The van der Waals surface area contributed by atoms with E-state index in [0.29, 0.717) is 0 Å². The summed E-state index contributed by atoms with van der Waals surface area (Å²) in [5, 5.41) is 20.5. The Balaban J connectivity index is 2.03. The van der Waals surface area contributed by atoms with Crippen LogP contribution in [0.4, 0.5) is 5.69 Å². The zero-order valence-electron chi connectivity index (χ0n) is 16.7. The summed E-state index contributed by atoms with van der Waals surface area (Å²) in [6, 6.07) is 14.9. The number of hydrogen-bond acceptors (Lipinski definition) is 5. The molecule has 1 fully saturated rings. The average molecular weight is 382 g/mol. The largest absolute Gasteiger partial charge is 0.351 e. The predicted octanol–water partition coefficient (Wildman–Crippen LogP) is 4.10. The number of nitriles is 2. The molecular formula is C24H22N4O. The lowest BCUT2D eigenvalue weighted by Gasteiger charge is -2.37. The minimum Gasteiger partial charge on any atom is -0.351 e. The molecule has 5 nitrogen and oxygen atoms in total. The highest BCUT2D eigenvalue weighted by molar-refractivity contribution is 5.96. The molecular weight excluding hydrogens is 360 g/mol. The average Bonchev–Trinajstić information content (AvgIpc) is 3.04. The highest BCUT2D eigenvalue weighted by Gasteiger charge is 2.64. The SMILES string of the molecule is CC(C)(C)C(=O)[C@@H]1[C@H](c2cccnc2)C(C#N)(C#N)[C@H]2C=Cc3ccccc3N12. The normalized spacial score (nSPS) is 24.2. The van der Waals surface area contributed by atoms with Gasteiger partial charge < -0.3 is 4.90 Å². The maximum absolute atomic E-state index is 13.7. The topological polar surface area (TPSA) is 80.8 Å². The van der Waals surface area contributed by atoms with Crippen LogP contribution < -0.4 is 4.90 Å². The standard InChI is InChI=1S/C24H22N4O/c1-23(2,3)22(29)21-20(17-8-6-12-27-13-17)24(14-25,15-26)19-11-10-16-7-4-5-9-18(16)28(19)21/h4-13,19-21H,1-3H3/t19-,20+,21+/m1/s1. The number of para-hydroxylation sites is 1. The maximum atomic E-state index is 13.7. The molecule has 0 amide bonds. The van der Waals surface area contributed by atoms with Crippen molar-refractivity contribution in [1.29, 1.82) is 10.5 Å². The van der Waals surface area contributed by atoms with Crippen molar-refractivity contribution in [1.82, 2.24) is 4.98 Å². The van der Waals surface area contributed by atoms with E-state index in [1.165, 1.54) is 0 Å². The third-order valence-corrected chi connectivity index (χ3v) is 5.97. The second kappa shape index (κ2) is 6.57. The Labute approximate surface area is 170 Å². The first kappa shape index (κ1) is 18.9. The van der Waals surface area contributed by atoms with Crippen LogP contribution in [-0.4, -0.2) is 22.9 Å². The highest BCUT2D eigenvalue weighted by atomic mass is 16.1. The quantitative estimate of drug-likeness (QED) is 0.781. The number of anilines is 1. The summed E-state index contributed by atoms with van der Waals surface area (Å²) in [5.41, 5.74) is 0.556. The van der Waals surface area contributed by atoms with E-state index in [4.69, 9.17) is 0 Å². The van der Waals surface area contributed by atoms with Gasteiger partial charge in [-0.1, -0.05) is 57.2 Å². The first-order valence-corrected chi connectivity index (χ1v) is 9.67. The molecule has 2 aromatic rings. The molecule has 1 aromatic heterocycles. The molecule has 4 rings (SSSR count). The van der Waals surface area contributed by atoms with E-state index in [2.05, 4.69) is 17.1 Å². The molecule has 5 heteroatoms. The second-order valence-corrected chi connectivity index (χ2v) is 8.69. The van der Waals surface area contributed by atoms with Gasteiger partial charge in [0.25, 0.3) is 0 Å². The van der Waals surface area contributed by atoms with E-state index in [-0.39, 0.29) is 5.78 Å². The van der Waals surface area contributed by atoms with Crippen molar-refractivity contribution in [3.8, 4) is 12.1 Å². The summed E-state index contributed by atoms with van der Waals surface area (Å²) < 4.78 is 0. The fourth-order valence-electron chi connectivity index (χ4n) is 4.61. The van der Waals surface area contributed by atoms with Crippen LogP contribution in [0, 0.1) is 33.5 Å². The molecule has 0 radical (unpaired) electrons. The Kier molecular flexibility index (Phi) is 4.28. The zero-order valence-corrected chi connectivity index (χ0v) is 16.7. The molecule has 144 valence electrons. The van der Waals surface area contributed by atoms with Gasteiger partial charge in [-0.25, -0.2) is 0 Å². The van der Waals surface area contributed by atoms with Gasteiger partial charge in [0.2, 0.25) is 0 Å². The minimum absolute atomic E-state index is 0.00818. The van der Waals surface area contributed by atoms with Gasteiger partial charge in [0.1, 0.15) is 0 Å². The Hall–Kier alpha value is -3.44. The molecule has 0 saturated carbocycles.